The Hall–Kier alpha value is -3.41. The molecular weight excluding hydrogens is 841 g/mol. The van der Waals surface area contributed by atoms with Gasteiger partial charge in [0.15, 0.2) is 6.10 Å². The number of hydrogen-bond donors (Lipinski definition) is 0. The quantitative estimate of drug-likeness (QED) is 0.0262. The molecule has 68 heavy (non-hydrogen) atoms. The van der Waals surface area contributed by atoms with Gasteiger partial charge in [0.2, 0.25) is 0 Å². The van der Waals surface area contributed by atoms with Gasteiger partial charge in [-0.05, 0) is 89.9 Å². The number of unbranched alkanes of at least 4 members (excludes halogenated alkanes) is 26. The minimum Gasteiger partial charge on any atom is -0.462 e. The molecule has 0 aromatic heterocycles. The van der Waals surface area contributed by atoms with Gasteiger partial charge in [0.25, 0.3) is 0 Å². The van der Waals surface area contributed by atoms with Gasteiger partial charge in [0.1, 0.15) is 13.2 Å². The molecule has 0 aromatic carbocycles. The average Bonchev–Trinajstić information content (AvgIpc) is 3.34. The highest BCUT2D eigenvalue weighted by molar-refractivity contribution is 5.71. The van der Waals surface area contributed by atoms with Crippen molar-refractivity contribution < 1.29 is 28.6 Å². The molecule has 0 fully saturated rings. The highest BCUT2D eigenvalue weighted by Gasteiger charge is 2.19. The van der Waals surface area contributed by atoms with E-state index in [-0.39, 0.29) is 37.5 Å². The van der Waals surface area contributed by atoms with E-state index < -0.39 is 6.10 Å². The van der Waals surface area contributed by atoms with Crippen molar-refractivity contribution in [2.45, 2.75) is 277 Å². The normalized spacial score (nSPS) is 12.7. The molecule has 0 aliphatic heterocycles. The number of ether oxygens (including phenoxy) is 3. The van der Waals surface area contributed by atoms with Crippen molar-refractivity contribution in [2.75, 3.05) is 13.2 Å². The lowest BCUT2D eigenvalue weighted by Gasteiger charge is -2.18. The molecule has 6 nitrogen and oxygen atoms in total. The molecule has 0 heterocycles. The van der Waals surface area contributed by atoms with Crippen LogP contribution in [0, 0.1) is 0 Å². The van der Waals surface area contributed by atoms with Crippen LogP contribution in [0.5, 0.6) is 0 Å². The summed E-state index contributed by atoms with van der Waals surface area (Å²) in [5.74, 6) is -0.955. The Kier molecular flexibility index (Phi) is 53.4. The van der Waals surface area contributed by atoms with Gasteiger partial charge in [-0.2, -0.15) is 0 Å². The summed E-state index contributed by atoms with van der Waals surface area (Å²) in [5, 5.41) is 0. The minimum absolute atomic E-state index is 0.0984. The third-order valence-electron chi connectivity index (χ3n) is 12.1. The summed E-state index contributed by atoms with van der Waals surface area (Å²) in [4.78, 5) is 38.1. The highest BCUT2D eigenvalue weighted by atomic mass is 16.6. The van der Waals surface area contributed by atoms with Crippen LogP contribution in [0.4, 0.5) is 0 Å². The van der Waals surface area contributed by atoms with Crippen LogP contribution < -0.4 is 0 Å². The second-order valence-electron chi connectivity index (χ2n) is 18.8. The Labute approximate surface area is 420 Å². The first-order chi connectivity index (χ1) is 33.5. The lowest BCUT2D eigenvalue weighted by Crippen LogP contribution is -2.30. The van der Waals surface area contributed by atoms with Crippen molar-refractivity contribution in [1.29, 1.82) is 0 Å². The molecule has 0 bridgehead atoms. The number of carbonyl (C=O) groups excluding carboxylic acids is 3. The second kappa shape index (κ2) is 56.2. The number of allylic oxidation sites excluding steroid dienone is 14. The Balaban J connectivity index is 4.45. The largest absolute Gasteiger partial charge is 0.462 e. The molecule has 0 aliphatic carbocycles. The molecule has 0 spiro atoms. The van der Waals surface area contributed by atoms with Crippen LogP contribution in [0.1, 0.15) is 271 Å². The summed E-state index contributed by atoms with van der Waals surface area (Å²) in [5.41, 5.74) is 0. The summed E-state index contributed by atoms with van der Waals surface area (Å²) >= 11 is 0. The summed E-state index contributed by atoms with van der Waals surface area (Å²) in [7, 11) is 0. The molecule has 0 unspecified atom stereocenters. The first-order valence-corrected chi connectivity index (χ1v) is 28.6. The van der Waals surface area contributed by atoms with E-state index >= 15 is 0 Å². The lowest BCUT2D eigenvalue weighted by atomic mass is 10.0. The van der Waals surface area contributed by atoms with Crippen molar-refractivity contribution >= 4 is 17.9 Å². The summed E-state index contributed by atoms with van der Waals surface area (Å²) in [6.45, 7) is 6.47. The van der Waals surface area contributed by atoms with E-state index in [2.05, 4.69) is 106 Å². The van der Waals surface area contributed by atoms with Crippen LogP contribution in [-0.2, 0) is 28.6 Å². The maximum atomic E-state index is 12.8. The van der Waals surface area contributed by atoms with Gasteiger partial charge in [-0.15, -0.1) is 0 Å². The molecule has 0 saturated heterocycles. The number of esters is 3. The second-order valence-corrected chi connectivity index (χ2v) is 18.8. The zero-order valence-corrected chi connectivity index (χ0v) is 44.6. The van der Waals surface area contributed by atoms with Crippen molar-refractivity contribution in [1.82, 2.24) is 0 Å². The summed E-state index contributed by atoms with van der Waals surface area (Å²) in [6.07, 6.45) is 72.9. The van der Waals surface area contributed by atoms with Crippen molar-refractivity contribution in [3.8, 4) is 0 Å². The molecule has 0 rings (SSSR count). The van der Waals surface area contributed by atoms with Gasteiger partial charge < -0.3 is 14.2 Å². The molecule has 1 atom stereocenters. The Morgan fingerprint density at radius 2 is 0.588 bits per heavy atom. The Bertz CT molecular complexity index is 1320. The van der Waals surface area contributed by atoms with Gasteiger partial charge >= 0.3 is 17.9 Å². The van der Waals surface area contributed by atoms with Crippen LogP contribution in [0.2, 0.25) is 0 Å². The molecule has 0 amide bonds. The van der Waals surface area contributed by atoms with Crippen LogP contribution in [0.25, 0.3) is 0 Å². The molecule has 0 saturated carbocycles. The SMILES string of the molecule is CC/C=C\C/C=C\C/C=C\C/C=C\C/C=C\CCCC(=O)O[C@@H](COC(=O)CCCCCCCCCCC/C=C\C/C=C\CCCCC)COC(=O)CCCCCCCCCCCCCCCC. The van der Waals surface area contributed by atoms with Gasteiger partial charge in [0, 0.05) is 19.3 Å². The Morgan fingerprint density at radius 3 is 0.971 bits per heavy atom. The van der Waals surface area contributed by atoms with Crippen molar-refractivity contribution in [3.05, 3.63) is 85.1 Å². The van der Waals surface area contributed by atoms with Crippen LogP contribution in [-0.4, -0.2) is 37.2 Å². The van der Waals surface area contributed by atoms with E-state index in [0.717, 1.165) is 83.5 Å². The first kappa shape index (κ1) is 64.6. The Morgan fingerprint density at radius 1 is 0.309 bits per heavy atom. The monoisotopic (exact) mass is 947 g/mol. The van der Waals surface area contributed by atoms with E-state index in [1.807, 2.05) is 0 Å². The third kappa shape index (κ3) is 53.5. The van der Waals surface area contributed by atoms with E-state index in [1.165, 1.54) is 141 Å². The molecular formula is C62H106O6. The number of hydrogen-bond acceptors (Lipinski definition) is 6. The third-order valence-corrected chi connectivity index (χ3v) is 12.1. The van der Waals surface area contributed by atoms with Crippen LogP contribution >= 0.6 is 0 Å². The number of rotatable bonds is 51. The maximum Gasteiger partial charge on any atom is 0.306 e. The molecule has 0 N–H and O–H groups in total. The van der Waals surface area contributed by atoms with E-state index in [4.69, 9.17) is 14.2 Å². The van der Waals surface area contributed by atoms with Gasteiger partial charge in [-0.3, -0.25) is 14.4 Å². The van der Waals surface area contributed by atoms with E-state index in [0.29, 0.717) is 19.3 Å². The predicted octanol–water partition coefficient (Wildman–Crippen LogP) is 19.2. The van der Waals surface area contributed by atoms with Gasteiger partial charge in [-0.1, -0.05) is 247 Å². The van der Waals surface area contributed by atoms with E-state index in [9.17, 15) is 14.4 Å². The number of carbonyl (C=O) groups is 3. The zero-order chi connectivity index (χ0) is 49.3. The predicted molar refractivity (Wildman–Crippen MR) is 293 cm³/mol. The average molecular weight is 948 g/mol. The van der Waals surface area contributed by atoms with E-state index in [1.54, 1.807) is 0 Å². The fourth-order valence-electron chi connectivity index (χ4n) is 7.86. The fraction of sp³-hybridized carbons (Fsp3) is 0.726. The highest BCUT2D eigenvalue weighted by Crippen LogP contribution is 2.15. The molecule has 0 aliphatic rings. The van der Waals surface area contributed by atoms with Gasteiger partial charge in [-0.25, -0.2) is 0 Å². The molecule has 6 heteroatoms. The van der Waals surface area contributed by atoms with Crippen molar-refractivity contribution in [2.24, 2.45) is 0 Å². The minimum atomic E-state index is -0.807. The summed E-state index contributed by atoms with van der Waals surface area (Å²) in [6, 6.07) is 0. The maximum absolute atomic E-state index is 12.8. The molecule has 0 aromatic rings. The lowest BCUT2D eigenvalue weighted by molar-refractivity contribution is -0.167. The summed E-state index contributed by atoms with van der Waals surface area (Å²) < 4.78 is 16.8. The van der Waals surface area contributed by atoms with Gasteiger partial charge in [0.05, 0.1) is 0 Å². The fourth-order valence-corrected chi connectivity index (χ4v) is 7.86. The smallest absolute Gasteiger partial charge is 0.306 e. The van der Waals surface area contributed by atoms with Crippen LogP contribution in [0.3, 0.4) is 0 Å². The first-order valence-electron chi connectivity index (χ1n) is 28.6. The molecule has 390 valence electrons. The topological polar surface area (TPSA) is 78.9 Å². The standard InChI is InChI=1S/C62H106O6/c1-4-7-10-13-16-19-22-25-28-30-31-33-34-37-40-43-46-49-52-55-61(64)67-58-59(57-66-60(63)54-51-48-45-42-39-36-27-24-21-18-15-12-9-6-3)68-62(65)56-53-50-47-44-41-38-35-32-29-26-23-20-17-14-11-8-5-2/h8,11,16-17,19-20,25-26,28-29,35,38,44,47,59H,4-7,9-10,12-15,18,21-24,27,30-34,36-37,39-43,45-46,48-58H2,1-3H3/b11-8-,19-16-,20-17-,28-25-,29-26-,38-35-,47-44-/t59-/m1/s1. The zero-order valence-electron chi connectivity index (χ0n) is 44.6. The van der Waals surface area contributed by atoms with Crippen LogP contribution in [0.15, 0.2) is 85.1 Å². The van der Waals surface area contributed by atoms with Crippen molar-refractivity contribution in [3.63, 3.8) is 0 Å². The molecule has 0 radical (unpaired) electrons.